The largest absolute Gasteiger partial charge is 0.486 e. The van der Waals surface area contributed by atoms with Gasteiger partial charge in [-0.2, -0.15) is 5.10 Å². The molecule has 1 aliphatic heterocycles. The number of aromatic nitrogens is 2. The van der Waals surface area contributed by atoms with Crippen molar-refractivity contribution in [3.05, 3.63) is 41.2 Å². The molecule has 0 radical (unpaired) electrons. The highest BCUT2D eigenvalue weighted by atomic mass is 16.6. The highest BCUT2D eigenvalue weighted by molar-refractivity contribution is 5.89. The van der Waals surface area contributed by atoms with Crippen LogP contribution in [0.4, 0.5) is 0 Å². The first-order valence-corrected chi connectivity index (χ1v) is 7.93. The molecule has 0 unspecified atom stereocenters. The van der Waals surface area contributed by atoms with E-state index < -0.39 is 5.97 Å². The van der Waals surface area contributed by atoms with Crippen LogP contribution in [0.15, 0.2) is 24.3 Å². The van der Waals surface area contributed by atoms with E-state index in [2.05, 4.69) is 10.2 Å². The van der Waals surface area contributed by atoms with Crippen molar-refractivity contribution < 1.29 is 19.0 Å². The Morgan fingerprint density at radius 2 is 2.09 bits per heavy atom. The van der Waals surface area contributed by atoms with Gasteiger partial charge in [-0.1, -0.05) is 12.1 Å². The van der Waals surface area contributed by atoms with Gasteiger partial charge in [0, 0.05) is 11.3 Å². The topological polar surface area (TPSA) is 73.4 Å². The summed E-state index contributed by atoms with van der Waals surface area (Å²) < 4.78 is 16.8. The van der Waals surface area contributed by atoms with E-state index in [0.29, 0.717) is 18.1 Å². The van der Waals surface area contributed by atoms with Crippen molar-refractivity contribution in [1.82, 2.24) is 10.2 Å². The summed E-state index contributed by atoms with van der Waals surface area (Å²) in [4.78, 5) is 12.3. The molecule has 23 heavy (non-hydrogen) atoms. The van der Waals surface area contributed by atoms with E-state index in [9.17, 15) is 4.79 Å². The number of ether oxygens (including phenoxy) is 3. The van der Waals surface area contributed by atoms with Crippen molar-refractivity contribution in [2.75, 3.05) is 13.2 Å². The monoisotopic (exact) mass is 314 g/mol. The van der Waals surface area contributed by atoms with Crippen LogP contribution in [-0.4, -0.2) is 35.5 Å². The molecule has 0 fully saturated rings. The number of hydrogen-bond donors (Lipinski definition) is 1. The lowest BCUT2D eigenvalue weighted by molar-refractivity contribution is 0.0104. The van der Waals surface area contributed by atoms with Gasteiger partial charge in [-0.05, 0) is 37.8 Å². The van der Waals surface area contributed by atoms with Crippen molar-refractivity contribution >= 4 is 5.97 Å². The number of hydrogen-bond acceptors (Lipinski definition) is 5. The van der Waals surface area contributed by atoms with Gasteiger partial charge >= 0.3 is 5.97 Å². The van der Waals surface area contributed by atoms with Crippen molar-refractivity contribution in [2.45, 2.75) is 31.8 Å². The fraction of sp³-hybridized carbons (Fsp3) is 0.412. The lowest BCUT2D eigenvalue weighted by Crippen LogP contribution is -2.34. The number of benzene rings is 1. The molecule has 1 aliphatic carbocycles. The molecule has 2 aliphatic rings. The maximum Gasteiger partial charge on any atom is 0.359 e. The molecular formula is C17H18N2O4. The normalized spacial score (nSPS) is 19.0. The highest BCUT2D eigenvalue weighted by Crippen LogP contribution is 2.31. The van der Waals surface area contributed by atoms with Gasteiger partial charge < -0.3 is 14.2 Å². The number of esters is 1. The summed E-state index contributed by atoms with van der Waals surface area (Å²) in [5.41, 5.74) is 2.48. The van der Waals surface area contributed by atoms with Gasteiger partial charge in [0.15, 0.2) is 23.3 Å². The number of aryl methyl sites for hydroxylation is 1. The van der Waals surface area contributed by atoms with E-state index in [4.69, 9.17) is 14.2 Å². The molecule has 0 saturated carbocycles. The Balaban J connectivity index is 1.38. The van der Waals surface area contributed by atoms with Crippen LogP contribution in [0.25, 0.3) is 0 Å². The van der Waals surface area contributed by atoms with Crippen molar-refractivity contribution in [1.29, 1.82) is 0 Å². The first-order chi connectivity index (χ1) is 11.3. The summed E-state index contributed by atoms with van der Waals surface area (Å²) in [6.07, 6.45) is 3.75. The van der Waals surface area contributed by atoms with Crippen LogP contribution in [0.2, 0.25) is 0 Å². The first kappa shape index (κ1) is 14.1. The zero-order valence-corrected chi connectivity index (χ0v) is 12.7. The molecular weight excluding hydrogens is 296 g/mol. The lowest BCUT2D eigenvalue weighted by Gasteiger charge is -2.25. The summed E-state index contributed by atoms with van der Waals surface area (Å²) >= 11 is 0. The molecule has 6 heteroatoms. The maximum atomic E-state index is 12.3. The van der Waals surface area contributed by atoms with E-state index in [1.165, 1.54) is 0 Å². The van der Waals surface area contributed by atoms with Gasteiger partial charge in [0.2, 0.25) is 0 Å². The second-order valence-corrected chi connectivity index (χ2v) is 5.83. The molecule has 1 aromatic heterocycles. The number of nitrogens with one attached hydrogen (secondary N) is 1. The first-order valence-electron chi connectivity index (χ1n) is 7.93. The highest BCUT2D eigenvalue weighted by Gasteiger charge is 2.26. The molecule has 6 nitrogen and oxygen atoms in total. The van der Waals surface area contributed by atoms with Crippen molar-refractivity contribution in [2.24, 2.45) is 0 Å². The summed E-state index contributed by atoms with van der Waals surface area (Å²) in [6.45, 7) is 0.512. The van der Waals surface area contributed by atoms with Gasteiger partial charge in [0.25, 0.3) is 0 Å². The van der Waals surface area contributed by atoms with E-state index in [0.717, 1.165) is 42.7 Å². The van der Waals surface area contributed by atoms with Gasteiger partial charge in [-0.15, -0.1) is 0 Å². The number of H-pyrrole nitrogens is 1. The van der Waals surface area contributed by atoms with E-state index in [1.54, 1.807) is 0 Å². The smallest absolute Gasteiger partial charge is 0.359 e. The number of aromatic amines is 1. The molecule has 2 aromatic rings. The average Bonchev–Trinajstić information content (AvgIpc) is 3.03. The van der Waals surface area contributed by atoms with E-state index in [-0.39, 0.29) is 12.7 Å². The Morgan fingerprint density at radius 1 is 1.26 bits per heavy atom. The Hall–Kier alpha value is -2.50. The van der Waals surface area contributed by atoms with Gasteiger partial charge in [0.05, 0.1) is 0 Å². The quantitative estimate of drug-likeness (QED) is 0.880. The predicted molar refractivity (Wildman–Crippen MR) is 81.9 cm³/mol. The summed E-state index contributed by atoms with van der Waals surface area (Å²) in [7, 11) is 0. The fourth-order valence-electron chi connectivity index (χ4n) is 3.03. The SMILES string of the molecule is O=C(OC[C@H]1COc2ccccc2O1)c1n[nH]c2c1CCCC2. The van der Waals surface area contributed by atoms with Gasteiger partial charge in [-0.3, -0.25) is 5.10 Å². The average molecular weight is 314 g/mol. The molecule has 0 saturated heterocycles. The Morgan fingerprint density at radius 3 is 3.00 bits per heavy atom. The summed E-state index contributed by atoms with van der Waals surface area (Å²) in [6, 6.07) is 7.47. The van der Waals surface area contributed by atoms with Crippen molar-refractivity contribution in [3.8, 4) is 11.5 Å². The van der Waals surface area contributed by atoms with E-state index >= 15 is 0 Å². The van der Waals surface area contributed by atoms with Gasteiger partial charge in [0.1, 0.15) is 13.2 Å². The van der Waals surface area contributed by atoms with Crippen LogP contribution < -0.4 is 9.47 Å². The molecule has 2 heterocycles. The molecule has 4 rings (SSSR count). The number of fused-ring (bicyclic) bond motifs is 2. The number of carbonyl (C=O) groups is 1. The Kier molecular flexibility index (Phi) is 3.65. The zero-order chi connectivity index (χ0) is 15.6. The molecule has 0 amide bonds. The minimum atomic E-state index is -0.396. The molecule has 1 aromatic carbocycles. The van der Waals surface area contributed by atoms with Crippen LogP contribution in [0.3, 0.4) is 0 Å². The fourth-order valence-corrected chi connectivity index (χ4v) is 3.03. The number of rotatable bonds is 3. The molecule has 1 N–H and O–H groups in total. The van der Waals surface area contributed by atoms with E-state index in [1.807, 2.05) is 24.3 Å². The predicted octanol–water partition coefficient (Wildman–Crippen LogP) is 2.29. The maximum absolute atomic E-state index is 12.3. The van der Waals surface area contributed by atoms with Gasteiger partial charge in [-0.25, -0.2) is 4.79 Å². The third-order valence-corrected chi connectivity index (χ3v) is 4.22. The third-order valence-electron chi connectivity index (χ3n) is 4.22. The summed E-state index contributed by atoms with van der Waals surface area (Å²) in [5, 5.41) is 7.08. The second-order valence-electron chi connectivity index (χ2n) is 5.83. The van der Waals surface area contributed by atoms with Crippen LogP contribution in [-0.2, 0) is 17.6 Å². The number of carbonyl (C=O) groups excluding carboxylic acids is 1. The van der Waals surface area contributed by atoms with Crippen LogP contribution in [0, 0.1) is 0 Å². The third kappa shape index (κ3) is 2.76. The zero-order valence-electron chi connectivity index (χ0n) is 12.7. The number of nitrogens with zero attached hydrogens (tertiary/aromatic N) is 1. The lowest BCUT2D eigenvalue weighted by atomic mass is 9.96. The summed E-state index contributed by atoms with van der Waals surface area (Å²) in [5.74, 6) is 1.00. The number of para-hydroxylation sites is 2. The van der Waals surface area contributed by atoms with Crippen LogP contribution in [0.1, 0.15) is 34.6 Å². The van der Waals surface area contributed by atoms with Crippen LogP contribution in [0.5, 0.6) is 11.5 Å². The minimum Gasteiger partial charge on any atom is -0.486 e. The Bertz CT molecular complexity index is 725. The minimum absolute atomic E-state index is 0.148. The Labute approximate surface area is 133 Å². The standard InChI is InChI=1S/C17H18N2O4/c20-17(16-12-5-1-2-6-13(12)18-19-16)22-10-11-9-21-14-7-3-4-8-15(14)23-11/h3-4,7-8,11H,1-2,5-6,9-10H2,(H,18,19)/t11-/m1/s1. The second kappa shape index (κ2) is 5.95. The van der Waals surface area contributed by atoms with Crippen LogP contribution >= 0.6 is 0 Å². The van der Waals surface area contributed by atoms with Crippen molar-refractivity contribution in [3.63, 3.8) is 0 Å². The molecule has 0 spiro atoms. The molecule has 120 valence electrons. The molecule has 1 atom stereocenters. The molecule has 0 bridgehead atoms.